The van der Waals surface area contributed by atoms with E-state index >= 15 is 0 Å². The lowest BCUT2D eigenvalue weighted by atomic mass is 10.0. The fourth-order valence-corrected chi connectivity index (χ4v) is 3.20. The minimum absolute atomic E-state index is 0.0124. The van der Waals surface area contributed by atoms with Gasteiger partial charge in [-0.1, -0.05) is 26.0 Å². The molecule has 0 bridgehead atoms. The summed E-state index contributed by atoms with van der Waals surface area (Å²) in [5.41, 5.74) is 2.09. The van der Waals surface area contributed by atoms with Crippen molar-refractivity contribution in [2.75, 3.05) is 16.8 Å². The number of carbonyl (C=O) groups is 2. The maximum absolute atomic E-state index is 12.3. The Morgan fingerprint density at radius 1 is 1.35 bits per heavy atom. The zero-order valence-corrected chi connectivity index (χ0v) is 14.0. The highest BCUT2D eigenvalue weighted by Crippen LogP contribution is 2.27. The molecule has 5 nitrogen and oxygen atoms in total. The SMILES string of the molecule is CC(C)c1ccc(N2C[C@@H](C(=O)Nc3nccs3)CC2=O)cc1. The Labute approximate surface area is 139 Å². The third-order valence-corrected chi connectivity index (χ3v) is 4.72. The van der Waals surface area contributed by atoms with E-state index < -0.39 is 0 Å². The average molecular weight is 329 g/mol. The summed E-state index contributed by atoms with van der Waals surface area (Å²) in [7, 11) is 0. The molecule has 0 aliphatic carbocycles. The standard InChI is InChI=1S/C17H19N3O2S/c1-11(2)12-3-5-14(6-4-12)20-10-13(9-15(20)21)16(22)19-17-18-7-8-23-17/h3-8,11,13H,9-10H2,1-2H3,(H,18,19,22)/t13-/m0/s1. The number of anilines is 2. The molecule has 0 spiro atoms. The molecule has 1 aromatic heterocycles. The van der Waals surface area contributed by atoms with Gasteiger partial charge in [0.15, 0.2) is 5.13 Å². The third-order valence-electron chi connectivity index (χ3n) is 4.03. The monoisotopic (exact) mass is 329 g/mol. The number of amides is 2. The lowest BCUT2D eigenvalue weighted by molar-refractivity contribution is -0.122. The van der Waals surface area contributed by atoms with Gasteiger partial charge in [-0.3, -0.25) is 9.59 Å². The molecule has 0 unspecified atom stereocenters. The number of rotatable bonds is 4. The van der Waals surface area contributed by atoms with Crippen molar-refractivity contribution in [2.24, 2.45) is 5.92 Å². The summed E-state index contributed by atoms with van der Waals surface area (Å²) in [5, 5.41) is 5.15. The second-order valence-electron chi connectivity index (χ2n) is 5.98. The Hall–Kier alpha value is -2.21. The Balaban J connectivity index is 1.68. The van der Waals surface area contributed by atoms with E-state index in [0.717, 1.165) is 5.69 Å². The van der Waals surface area contributed by atoms with Crippen LogP contribution in [0.3, 0.4) is 0 Å². The molecule has 1 aliphatic rings. The highest BCUT2D eigenvalue weighted by molar-refractivity contribution is 7.13. The van der Waals surface area contributed by atoms with E-state index in [1.165, 1.54) is 16.9 Å². The molecule has 1 N–H and O–H groups in total. The van der Waals surface area contributed by atoms with Gasteiger partial charge in [0.2, 0.25) is 11.8 Å². The quantitative estimate of drug-likeness (QED) is 0.936. The van der Waals surface area contributed by atoms with Crippen LogP contribution in [0.2, 0.25) is 0 Å². The van der Waals surface area contributed by atoms with Crippen LogP contribution in [-0.2, 0) is 9.59 Å². The predicted molar refractivity (Wildman–Crippen MR) is 91.7 cm³/mol. The summed E-state index contributed by atoms with van der Waals surface area (Å²) >= 11 is 1.37. The van der Waals surface area contributed by atoms with Crippen LogP contribution in [0.4, 0.5) is 10.8 Å². The van der Waals surface area contributed by atoms with Gasteiger partial charge < -0.3 is 10.2 Å². The molecule has 2 aromatic rings. The van der Waals surface area contributed by atoms with Gasteiger partial charge in [0.05, 0.1) is 5.92 Å². The molecule has 1 atom stereocenters. The predicted octanol–water partition coefficient (Wildman–Crippen LogP) is 3.26. The minimum Gasteiger partial charge on any atom is -0.312 e. The second-order valence-corrected chi connectivity index (χ2v) is 6.87. The van der Waals surface area contributed by atoms with Crippen LogP contribution in [0, 0.1) is 5.92 Å². The molecule has 1 aromatic carbocycles. The van der Waals surface area contributed by atoms with E-state index in [-0.39, 0.29) is 24.2 Å². The minimum atomic E-state index is -0.337. The van der Waals surface area contributed by atoms with Crippen LogP contribution in [-0.4, -0.2) is 23.3 Å². The average Bonchev–Trinajstić information content (AvgIpc) is 3.17. The Kier molecular flexibility index (Phi) is 4.43. The molecule has 0 saturated carbocycles. The highest BCUT2D eigenvalue weighted by atomic mass is 32.1. The Morgan fingerprint density at radius 3 is 2.70 bits per heavy atom. The Morgan fingerprint density at radius 2 is 2.09 bits per heavy atom. The van der Waals surface area contributed by atoms with E-state index in [2.05, 4.69) is 24.1 Å². The van der Waals surface area contributed by atoms with Crippen molar-refractivity contribution in [1.29, 1.82) is 0 Å². The van der Waals surface area contributed by atoms with E-state index in [1.54, 1.807) is 16.5 Å². The molecule has 2 amide bonds. The van der Waals surface area contributed by atoms with E-state index in [9.17, 15) is 9.59 Å². The molecule has 1 fully saturated rings. The van der Waals surface area contributed by atoms with Crippen molar-refractivity contribution in [3.8, 4) is 0 Å². The molecule has 0 radical (unpaired) electrons. The van der Waals surface area contributed by atoms with E-state index in [0.29, 0.717) is 17.6 Å². The van der Waals surface area contributed by atoms with E-state index in [1.807, 2.05) is 24.3 Å². The first kappa shape index (κ1) is 15.7. The van der Waals surface area contributed by atoms with Crippen molar-refractivity contribution in [3.05, 3.63) is 41.4 Å². The van der Waals surface area contributed by atoms with Crippen LogP contribution in [0.5, 0.6) is 0 Å². The van der Waals surface area contributed by atoms with Gasteiger partial charge >= 0.3 is 0 Å². The summed E-state index contributed by atoms with van der Waals surface area (Å²) in [6, 6.07) is 7.98. The van der Waals surface area contributed by atoms with Gasteiger partial charge in [-0.05, 0) is 23.6 Å². The molecular formula is C17H19N3O2S. The molecule has 120 valence electrons. The zero-order valence-electron chi connectivity index (χ0n) is 13.2. The van der Waals surface area contributed by atoms with Crippen LogP contribution in [0.1, 0.15) is 31.7 Å². The van der Waals surface area contributed by atoms with Crippen LogP contribution >= 0.6 is 11.3 Å². The van der Waals surface area contributed by atoms with Gasteiger partial charge in [-0.2, -0.15) is 0 Å². The molecular weight excluding hydrogens is 310 g/mol. The largest absolute Gasteiger partial charge is 0.312 e. The number of hydrogen-bond acceptors (Lipinski definition) is 4. The third kappa shape index (κ3) is 3.42. The summed E-state index contributed by atoms with van der Waals surface area (Å²) in [6.45, 7) is 4.68. The molecule has 1 saturated heterocycles. The summed E-state index contributed by atoms with van der Waals surface area (Å²) < 4.78 is 0. The number of nitrogens with zero attached hydrogens (tertiary/aromatic N) is 2. The van der Waals surface area contributed by atoms with Crippen LogP contribution in [0.25, 0.3) is 0 Å². The first-order valence-electron chi connectivity index (χ1n) is 7.65. The highest BCUT2D eigenvalue weighted by Gasteiger charge is 2.35. The Bertz CT molecular complexity index is 695. The summed E-state index contributed by atoms with van der Waals surface area (Å²) in [6.07, 6.45) is 1.88. The number of nitrogens with one attached hydrogen (secondary N) is 1. The summed E-state index contributed by atoms with van der Waals surface area (Å²) in [4.78, 5) is 30.2. The maximum Gasteiger partial charge on any atom is 0.231 e. The van der Waals surface area contributed by atoms with E-state index in [4.69, 9.17) is 0 Å². The fraction of sp³-hybridized carbons (Fsp3) is 0.353. The van der Waals surface area contributed by atoms with Gasteiger partial charge in [0.1, 0.15) is 0 Å². The molecule has 2 heterocycles. The smallest absolute Gasteiger partial charge is 0.231 e. The molecule has 6 heteroatoms. The number of thiazole rings is 1. The van der Waals surface area contributed by atoms with Crippen molar-refractivity contribution in [3.63, 3.8) is 0 Å². The normalized spacial score (nSPS) is 17.8. The van der Waals surface area contributed by atoms with Gasteiger partial charge in [0, 0.05) is 30.2 Å². The van der Waals surface area contributed by atoms with Crippen LogP contribution in [0.15, 0.2) is 35.8 Å². The van der Waals surface area contributed by atoms with Crippen molar-refractivity contribution < 1.29 is 9.59 Å². The van der Waals surface area contributed by atoms with Crippen LogP contribution < -0.4 is 10.2 Å². The number of benzene rings is 1. The zero-order chi connectivity index (χ0) is 16.4. The number of carbonyl (C=O) groups excluding carboxylic acids is 2. The second kappa shape index (κ2) is 6.50. The van der Waals surface area contributed by atoms with Gasteiger partial charge in [-0.25, -0.2) is 4.98 Å². The summed E-state index contributed by atoms with van der Waals surface area (Å²) in [5.74, 6) is -0.0393. The van der Waals surface area contributed by atoms with Crippen molar-refractivity contribution in [1.82, 2.24) is 4.98 Å². The molecule has 23 heavy (non-hydrogen) atoms. The maximum atomic E-state index is 12.3. The fourth-order valence-electron chi connectivity index (χ4n) is 2.66. The molecule has 3 rings (SSSR count). The topological polar surface area (TPSA) is 62.3 Å². The number of hydrogen-bond donors (Lipinski definition) is 1. The first-order valence-corrected chi connectivity index (χ1v) is 8.53. The first-order chi connectivity index (χ1) is 11.0. The lowest BCUT2D eigenvalue weighted by Crippen LogP contribution is -2.28. The van der Waals surface area contributed by atoms with Crippen molar-refractivity contribution >= 4 is 34.0 Å². The number of aromatic nitrogens is 1. The van der Waals surface area contributed by atoms with Gasteiger partial charge in [0.25, 0.3) is 0 Å². The van der Waals surface area contributed by atoms with Gasteiger partial charge in [-0.15, -0.1) is 11.3 Å². The lowest BCUT2D eigenvalue weighted by Gasteiger charge is -2.17. The van der Waals surface area contributed by atoms with Crippen molar-refractivity contribution in [2.45, 2.75) is 26.2 Å². The molecule has 1 aliphatic heterocycles.